The molecule has 8 nitrogen and oxygen atoms in total. The van der Waals surface area contributed by atoms with Crippen LogP contribution in [0, 0.1) is 0 Å². The number of esters is 2. The molecule has 2 heterocycles. The molecule has 1 amide bonds. The third kappa shape index (κ3) is 5.43. The Hall–Kier alpha value is -2.81. The van der Waals surface area contributed by atoms with E-state index in [0.717, 1.165) is 11.3 Å². The number of rotatable bonds is 7. The quantitative estimate of drug-likeness (QED) is 0.754. The molecule has 0 bridgehead atoms. The molecule has 0 aliphatic carbocycles. The van der Waals surface area contributed by atoms with Gasteiger partial charge in [-0.1, -0.05) is 6.07 Å². The molecular formula is C15H15N3O5S. The van der Waals surface area contributed by atoms with E-state index in [1.54, 1.807) is 24.4 Å². The summed E-state index contributed by atoms with van der Waals surface area (Å²) in [6, 6.07) is 4.80. The Balaban J connectivity index is 1.79. The third-order valence-corrected chi connectivity index (χ3v) is 3.44. The van der Waals surface area contributed by atoms with Crippen molar-refractivity contribution in [3.8, 4) is 0 Å². The molecule has 0 aliphatic heterocycles. The largest absolute Gasteiger partial charge is 0.466 e. The maximum atomic E-state index is 11.7. The number of hydrogen-bond acceptors (Lipinski definition) is 8. The second-order valence-electron chi connectivity index (χ2n) is 4.47. The van der Waals surface area contributed by atoms with Crippen LogP contribution in [0.5, 0.6) is 0 Å². The molecule has 24 heavy (non-hydrogen) atoms. The van der Waals surface area contributed by atoms with E-state index in [-0.39, 0.29) is 18.1 Å². The molecule has 9 heteroatoms. The highest BCUT2D eigenvalue weighted by Gasteiger charge is 2.13. The first-order chi connectivity index (χ1) is 11.6. The summed E-state index contributed by atoms with van der Waals surface area (Å²) in [6.07, 6.45) is 1.49. The van der Waals surface area contributed by atoms with Crippen LogP contribution in [0.15, 0.2) is 29.8 Å². The van der Waals surface area contributed by atoms with Gasteiger partial charge in [0.05, 0.1) is 18.7 Å². The van der Waals surface area contributed by atoms with Gasteiger partial charge in [0.25, 0.3) is 5.91 Å². The number of aromatic nitrogens is 2. The van der Waals surface area contributed by atoms with Crippen LogP contribution in [0.2, 0.25) is 0 Å². The molecule has 2 rings (SSSR count). The monoisotopic (exact) mass is 349 g/mol. The van der Waals surface area contributed by atoms with Gasteiger partial charge in [0, 0.05) is 11.6 Å². The van der Waals surface area contributed by atoms with Gasteiger partial charge in [-0.15, -0.1) is 11.3 Å². The molecule has 2 aromatic heterocycles. The minimum absolute atomic E-state index is 0.0366. The summed E-state index contributed by atoms with van der Waals surface area (Å²) in [5.74, 6) is -1.60. The van der Waals surface area contributed by atoms with Gasteiger partial charge in [0.2, 0.25) is 0 Å². The number of pyridine rings is 1. The van der Waals surface area contributed by atoms with Crippen LogP contribution < -0.4 is 5.32 Å². The van der Waals surface area contributed by atoms with Gasteiger partial charge in [0.1, 0.15) is 5.69 Å². The molecule has 0 unspecified atom stereocenters. The maximum absolute atomic E-state index is 11.7. The first kappa shape index (κ1) is 17.5. The van der Waals surface area contributed by atoms with E-state index in [9.17, 15) is 14.4 Å². The number of carbonyl (C=O) groups excluding carboxylic acids is 3. The van der Waals surface area contributed by atoms with Gasteiger partial charge in [-0.2, -0.15) is 0 Å². The fraction of sp³-hybridized carbons (Fsp3) is 0.267. The average Bonchev–Trinajstić information content (AvgIpc) is 3.00. The summed E-state index contributed by atoms with van der Waals surface area (Å²) < 4.78 is 9.67. The van der Waals surface area contributed by atoms with Crippen LogP contribution in [0.3, 0.4) is 0 Å². The number of anilines is 1. The Bertz CT molecular complexity index is 717. The van der Waals surface area contributed by atoms with Crippen molar-refractivity contribution in [3.05, 3.63) is 41.2 Å². The van der Waals surface area contributed by atoms with Crippen molar-refractivity contribution in [3.63, 3.8) is 0 Å². The normalized spacial score (nSPS) is 10.0. The number of thiazole rings is 1. The van der Waals surface area contributed by atoms with Gasteiger partial charge < -0.3 is 9.47 Å². The van der Waals surface area contributed by atoms with Crippen molar-refractivity contribution < 1.29 is 23.9 Å². The van der Waals surface area contributed by atoms with E-state index < -0.39 is 18.5 Å². The van der Waals surface area contributed by atoms with Crippen molar-refractivity contribution in [2.24, 2.45) is 0 Å². The first-order valence-electron chi connectivity index (χ1n) is 7.06. The summed E-state index contributed by atoms with van der Waals surface area (Å²) in [5, 5.41) is 4.45. The minimum atomic E-state index is -0.687. The number of carbonyl (C=O) groups is 3. The molecule has 0 spiro atoms. The average molecular weight is 349 g/mol. The van der Waals surface area contributed by atoms with Gasteiger partial charge in [0.15, 0.2) is 11.7 Å². The summed E-state index contributed by atoms with van der Waals surface area (Å²) in [6.45, 7) is 1.56. The topological polar surface area (TPSA) is 107 Å². The van der Waals surface area contributed by atoms with Gasteiger partial charge in [-0.3, -0.25) is 14.9 Å². The molecule has 0 saturated carbocycles. The molecule has 0 aromatic carbocycles. The number of ether oxygens (including phenoxy) is 2. The lowest BCUT2D eigenvalue weighted by molar-refractivity contribution is -0.142. The number of nitrogens with one attached hydrogen (secondary N) is 1. The highest BCUT2D eigenvalue weighted by Crippen LogP contribution is 2.16. The molecule has 0 fully saturated rings. The maximum Gasteiger partial charge on any atom is 0.357 e. The Labute approximate surface area is 141 Å². The SMILES string of the molecule is CCOC(=O)Cc1csc(NC(=O)COC(=O)c2ccccn2)n1. The summed E-state index contributed by atoms with van der Waals surface area (Å²) >= 11 is 1.16. The zero-order chi connectivity index (χ0) is 17.4. The molecule has 1 N–H and O–H groups in total. The van der Waals surface area contributed by atoms with E-state index in [1.807, 2.05) is 0 Å². The molecule has 0 saturated heterocycles. The van der Waals surface area contributed by atoms with Crippen LogP contribution in [-0.2, 0) is 25.5 Å². The molecule has 2 aromatic rings. The van der Waals surface area contributed by atoms with Crippen LogP contribution in [0.25, 0.3) is 0 Å². The van der Waals surface area contributed by atoms with Crippen molar-refractivity contribution >= 4 is 34.3 Å². The molecule has 126 valence electrons. The third-order valence-electron chi connectivity index (χ3n) is 2.64. The minimum Gasteiger partial charge on any atom is -0.466 e. The van der Waals surface area contributed by atoms with E-state index >= 15 is 0 Å². The van der Waals surface area contributed by atoms with Gasteiger partial charge in [-0.25, -0.2) is 14.8 Å². The molecule has 0 radical (unpaired) electrons. The highest BCUT2D eigenvalue weighted by atomic mass is 32.1. The van der Waals surface area contributed by atoms with Gasteiger partial charge in [-0.05, 0) is 19.1 Å². The number of nitrogens with zero attached hydrogens (tertiary/aromatic N) is 2. The highest BCUT2D eigenvalue weighted by molar-refractivity contribution is 7.13. The summed E-state index contributed by atoms with van der Waals surface area (Å²) in [4.78, 5) is 42.7. The lowest BCUT2D eigenvalue weighted by Crippen LogP contribution is -2.21. The predicted molar refractivity (Wildman–Crippen MR) is 85.6 cm³/mol. The van der Waals surface area contributed by atoms with E-state index in [1.165, 1.54) is 12.3 Å². The van der Waals surface area contributed by atoms with Crippen molar-refractivity contribution in [2.75, 3.05) is 18.5 Å². The Morgan fingerprint density at radius 1 is 1.25 bits per heavy atom. The van der Waals surface area contributed by atoms with Crippen molar-refractivity contribution in [1.29, 1.82) is 0 Å². The lowest BCUT2D eigenvalue weighted by atomic mass is 10.3. The number of amides is 1. The number of hydrogen-bond donors (Lipinski definition) is 1. The zero-order valence-corrected chi connectivity index (χ0v) is 13.7. The fourth-order valence-corrected chi connectivity index (χ4v) is 2.38. The van der Waals surface area contributed by atoms with E-state index in [2.05, 4.69) is 15.3 Å². The second-order valence-corrected chi connectivity index (χ2v) is 5.32. The Kier molecular flexibility index (Phi) is 6.38. The van der Waals surface area contributed by atoms with E-state index in [4.69, 9.17) is 9.47 Å². The van der Waals surface area contributed by atoms with Crippen LogP contribution in [0.1, 0.15) is 23.1 Å². The Morgan fingerprint density at radius 2 is 2.08 bits per heavy atom. The van der Waals surface area contributed by atoms with Crippen molar-refractivity contribution in [1.82, 2.24) is 9.97 Å². The van der Waals surface area contributed by atoms with Crippen LogP contribution in [-0.4, -0.2) is 41.0 Å². The first-order valence-corrected chi connectivity index (χ1v) is 7.94. The van der Waals surface area contributed by atoms with Gasteiger partial charge >= 0.3 is 11.9 Å². The van der Waals surface area contributed by atoms with Crippen LogP contribution >= 0.6 is 11.3 Å². The van der Waals surface area contributed by atoms with Crippen LogP contribution in [0.4, 0.5) is 5.13 Å². The van der Waals surface area contributed by atoms with E-state index in [0.29, 0.717) is 17.4 Å². The molecule has 0 atom stereocenters. The zero-order valence-electron chi connectivity index (χ0n) is 12.9. The molecule has 0 aliphatic rings. The smallest absolute Gasteiger partial charge is 0.357 e. The Morgan fingerprint density at radius 3 is 2.79 bits per heavy atom. The second kappa shape index (κ2) is 8.73. The summed E-state index contributed by atoms with van der Waals surface area (Å²) in [5.41, 5.74) is 0.621. The molecular weight excluding hydrogens is 334 g/mol. The fourth-order valence-electron chi connectivity index (χ4n) is 1.65. The summed E-state index contributed by atoms with van der Waals surface area (Å²) in [7, 11) is 0. The van der Waals surface area contributed by atoms with Crippen molar-refractivity contribution in [2.45, 2.75) is 13.3 Å². The predicted octanol–water partition coefficient (Wildman–Crippen LogP) is 1.44. The standard InChI is InChI=1S/C15H15N3O5S/c1-2-22-13(20)7-10-9-24-15(17-10)18-12(19)8-23-14(21)11-5-3-4-6-16-11/h3-6,9H,2,7-8H2,1H3,(H,17,18,19). The lowest BCUT2D eigenvalue weighted by Gasteiger charge is -2.04.